The molecule has 1 fully saturated rings. The summed E-state index contributed by atoms with van der Waals surface area (Å²) < 4.78 is 3.34. The first-order valence-electron chi connectivity index (χ1n) is 10.7. The number of benzene rings is 2. The maximum absolute atomic E-state index is 13.5. The minimum atomic E-state index is -0.481. The van der Waals surface area contributed by atoms with Gasteiger partial charge < -0.3 is 4.57 Å². The maximum atomic E-state index is 13.5. The second-order valence-electron chi connectivity index (χ2n) is 8.04. The van der Waals surface area contributed by atoms with Crippen molar-refractivity contribution in [2.24, 2.45) is 0 Å². The van der Waals surface area contributed by atoms with Gasteiger partial charge in [0, 0.05) is 20.6 Å². The highest BCUT2D eigenvalue weighted by Gasteiger charge is 2.35. The molecule has 2 amide bonds. The van der Waals surface area contributed by atoms with Crippen molar-refractivity contribution < 1.29 is 9.59 Å². The second kappa shape index (κ2) is 9.23. The molecule has 2 aromatic carbocycles. The number of thiocarbonyl (C=S) groups is 1. The fraction of sp³-hybridized carbons (Fsp3) is 0.192. The Morgan fingerprint density at radius 3 is 2.48 bits per heavy atom. The third kappa shape index (κ3) is 4.27. The average molecular weight is 569 g/mol. The number of aryl methyl sites for hydroxylation is 3. The summed E-state index contributed by atoms with van der Waals surface area (Å²) in [6.45, 7) is 8.11. The summed E-state index contributed by atoms with van der Waals surface area (Å²) >= 11 is 7.69. The lowest BCUT2D eigenvalue weighted by atomic mass is 10.0. The summed E-state index contributed by atoms with van der Waals surface area (Å²) in [5.74, 6) is -0.898. The minimum absolute atomic E-state index is 0.0635. The van der Waals surface area contributed by atoms with Crippen molar-refractivity contribution >= 4 is 63.5 Å². The highest BCUT2D eigenvalue weighted by molar-refractivity contribution is 14.1. The highest BCUT2D eigenvalue weighted by atomic mass is 127. The first-order valence-corrected chi connectivity index (χ1v) is 12.2. The van der Waals surface area contributed by atoms with Crippen LogP contribution in [-0.4, -0.2) is 21.5 Å². The van der Waals surface area contributed by atoms with E-state index in [-0.39, 0.29) is 10.7 Å². The van der Waals surface area contributed by atoms with Crippen LogP contribution in [0.5, 0.6) is 0 Å². The first kappa shape index (κ1) is 23.4. The van der Waals surface area contributed by atoms with Crippen LogP contribution in [0.2, 0.25) is 0 Å². The molecular weight excluding hydrogens is 545 g/mol. The monoisotopic (exact) mass is 569 g/mol. The van der Waals surface area contributed by atoms with Gasteiger partial charge in [-0.3, -0.25) is 19.8 Å². The lowest BCUT2D eigenvalue weighted by Gasteiger charge is -2.30. The first-order chi connectivity index (χ1) is 15.7. The van der Waals surface area contributed by atoms with Crippen LogP contribution >= 0.6 is 34.8 Å². The van der Waals surface area contributed by atoms with Gasteiger partial charge in [0.15, 0.2) is 5.11 Å². The molecule has 1 aliphatic heterocycles. The molecule has 0 bridgehead atoms. The quantitative estimate of drug-likeness (QED) is 0.198. The Hall–Kier alpha value is -2.78. The van der Waals surface area contributed by atoms with Gasteiger partial charge in [0.05, 0.1) is 5.69 Å². The Kier molecular flexibility index (Phi) is 6.54. The van der Waals surface area contributed by atoms with Gasteiger partial charge in [-0.15, -0.1) is 0 Å². The summed E-state index contributed by atoms with van der Waals surface area (Å²) in [6.07, 6.45) is 2.41. The molecule has 4 rings (SSSR count). The molecule has 0 unspecified atom stereocenters. The fourth-order valence-electron chi connectivity index (χ4n) is 4.16. The van der Waals surface area contributed by atoms with E-state index in [4.69, 9.17) is 12.2 Å². The predicted octanol–water partition coefficient (Wildman–Crippen LogP) is 5.40. The molecule has 1 saturated heterocycles. The van der Waals surface area contributed by atoms with Crippen molar-refractivity contribution in [2.45, 2.75) is 34.1 Å². The van der Waals surface area contributed by atoms with Gasteiger partial charge in [-0.05, 0) is 115 Å². The van der Waals surface area contributed by atoms with E-state index < -0.39 is 11.8 Å². The fourth-order valence-corrected chi connectivity index (χ4v) is 4.77. The Balaban J connectivity index is 1.78. The van der Waals surface area contributed by atoms with E-state index in [1.54, 1.807) is 6.08 Å². The number of para-hydroxylation sites is 1. The SMILES string of the molecule is CCc1ccccc1N1C(=O)/C(=C/c2cc(C)n(-c3ccc(I)c(C)c3)c2C)C(=O)NC1=S. The van der Waals surface area contributed by atoms with Crippen molar-refractivity contribution in [2.75, 3.05) is 4.90 Å². The van der Waals surface area contributed by atoms with E-state index in [1.165, 1.54) is 14.0 Å². The Labute approximate surface area is 212 Å². The van der Waals surface area contributed by atoms with Crippen LogP contribution in [0.3, 0.4) is 0 Å². The van der Waals surface area contributed by atoms with Crippen LogP contribution in [0.4, 0.5) is 5.69 Å². The predicted molar refractivity (Wildman–Crippen MR) is 145 cm³/mol. The molecule has 1 N–H and O–H groups in total. The second-order valence-corrected chi connectivity index (χ2v) is 9.58. The van der Waals surface area contributed by atoms with Crippen LogP contribution in [0.25, 0.3) is 11.8 Å². The molecule has 0 atom stereocenters. The van der Waals surface area contributed by atoms with Gasteiger partial charge in [0.25, 0.3) is 11.8 Å². The van der Waals surface area contributed by atoms with Crippen LogP contribution in [0.15, 0.2) is 54.1 Å². The summed E-state index contributed by atoms with van der Waals surface area (Å²) in [6, 6.07) is 15.9. The molecule has 1 aliphatic rings. The summed E-state index contributed by atoms with van der Waals surface area (Å²) in [5.41, 5.74) is 6.78. The van der Waals surface area contributed by atoms with Crippen molar-refractivity contribution in [3.05, 3.63) is 85.8 Å². The molecule has 0 radical (unpaired) electrons. The summed E-state index contributed by atoms with van der Waals surface area (Å²) in [5, 5.41) is 2.79. The van der Waals surface area contributed by atoms with E-state index >= 15 is 0 Å². The lowest BCUT2D eigenvalue weighted by molar-refractivity contribution is -0.122. The van der Waals surface area contributed by atoms with Gasteiger partial charge in [0.1, 0.15) is 5.57 Å². The van der Waals surface area contributed by atoms with E-state index in [2.05, 4.69) is 57.6 Å². The summed E-state index contributed by atoms with van der Waals surface area (Å²) in [4.78, 5) is 27.7. The molecule has 168 valence electrons. The van der Waals surface area contributed by atoms with Gasteiger partial charge in [-0.1, -0.05) is 25.1 Å². The number of hydrogen-bond donors (Lipinski definition) is 1. The number of halogens is 1. The molecular formula is C26H24IN3O2S. The molecule has 5 nitrogen and oxygen atoms in total. The standard InChI is InChI=1S/C26H24IN3O2S/c1-5-18-8-6-7-9-23(18)30-25(32)21(24(31)28-26(30)33)14-19-13-16(3)29(17(19)4)20-10-11-22(27)15(2)12-20/h6-14H,5H2,1-4H3,(H,28,31,33)/b21-14+. The number of amides is 2. The molecule has 0 spiro atoms. The maximum Gasteiger partial charge on any atom is 0.270 e. The van der Waals surface area contributed by atoms with Crippen LogP contribution < -0.4 is 10.2 Å². The number of nitrogens with zero attached hydrogens (tertiary/aromatic N) is 2. The number of anilines is 1. The molecule has 1 aromatic heterocycles. The number of carbonyl (C=O) groups excluding carboxylic acids is 2. The molecule has 33 heavy (non-hydrogen) atoms. The topological polar surface area (TPSA) is 54.3 Å². The van der Waals surface area contributed by atoms with E-state index in [9.17, 15) is 9.59 Å². The number of rotatable bonds is 4. The average Bonchev–Trinajstić information content (AvgIpc) is 3.06. The van der Waals surface area contributed by atoms with Gasteiger partial charge >= 0.3 is 0 Å². The van der Waals surface area contributed by atoms with Crippen LogP contribution in [-0.2, 0) is 16.0 Å². The zero-order valence-corrected chi connectivity index (χ0v) is 21.9. The number of aromatic nitrogens is 1. The van der Waals surface area contributed by atoms with Crippen molar-refractivity contribution in [3.63, 3.8) is 0 Å². The van der Waals surface area contributed by atoms with Gasteiger partial charge in [-0.2, -0.15) is 0 Å². The number of carbonyl (C=O) groups is 2. The minimum Gasteiger partial charge on any atom is -0.318 e. The van der Waals surface area contributed by atoms with E-state index in [1.807, 2.05) is 51.1 Å². The summed E-state index contributed by atoms with van der Waals surface area (Å²) in [7, 11) is 0. The van der Waals surface area contributed by atoms with Crippen molar-refractivity contribution in [1.82, 2.24) is 9.88 Å². The van der Waals surface area contributed by atoms with Crippen molar-refractivity contribution in [3.8, 4) is 5.69 Å². The normalized spacial score (nSPS) is 15.4. The molecule has 7 heteroatoms. The van der Waals surface area contributed by atoms with E-state index in [0.717, 1.165) is 34.6 Å². The van der Waals surface area contributed by atoms with Gasteiger partial charge in [0.2, 0.25) is 0 Å². The molecule has 0 aliphatic carbocycles. The lowest BCUT2D eigenvalue weighted by Crippen LogP contribution is -2.54. The Morgan fingerprint density at radius 1 is 1.06 bits per heavy atom. The van der Waals surface area contributed by atoms with Gasteiger partial charge in [-0.25, -0.2) is 0 Å². The zero-order chi connectivity index (χ0) is 23.9. The van der Waals surface area contributed by atoms with Crippen LogP contribution in [0, 0.1) is 24.3 Å². The third-order valence-corrected chi connectivity index (χ3v) is 7.38. The third-order valence-electron chi connectivity index (χ3n) is 5.88. The smallest absolute Gasteiger partial charge is 0.270 e. The van der Waals surface area contributed by atoms with E-state index in [0.29, 0.717) is 5.69 Å². The molecule has 2 heterocycles. The van der Waals surface area contributed by atoms with Crippen molar-refractivity contribution in [1.29, 1.82) is 0 Å². The largest absolute Gasteiger partial charge is 0.318 e. The Bertz CT molecular complexity index is 1340. The molecule has 0 saturated carbocycles. The number of hydrogen-bond acceptors (Lipinski definition) is 3. The van der Waals surface area contributed by atoms with Crippen LogP contribution in [0.1, 0.15) is 35.0 Å². The molecule has 3 aromatic rings. The zero-order valence-electron chi connectivity index (χ0n) is 18.9. The Morgan fingerprint density at radius 2 is 1.79 bits per heavy atom. The number of nitrogens with one attached hydrogen (secondary N) is 1. The highest BCUT2D eigenvalue weighted by Crippen LogP contribution is 2.28.